The maximum absolute atomic E-state index is 4.70. The van der Waals surface area contributed by atoms with Crippen LogP contribution in [0.25, 0.3) is 0 Å². The van der Waals surface area contributed by atoms with Gasteiger partial charge in [0.2, 0.25) is 0 Å². The summed E-state index contributed by atoms with van der Waals surface area (Å²) in [6, 6.07) is 0.580. The first-order valence-corrected chi connectivity index (χ1v) is 6.66. The lowest BCUT2D eigenvalue weighted by Gasteiger charge is -2.20. The number of anilines is 2. The molecule has 0 spiro atoms. The third-order valence-electron chi connectivity index (χ3n) is 3.49. The van der Waals surface area contributed by atoms with Gasteiger partial charge in [-0.3, -0.25) is 0 Å². The lowest BCUT2D eigenvalue weighted by Crippen LogP contribution is -2.20. The zero-order valence-electron chi connectivity index (χ0n) is 12.3. The monoisotopic (exact) mass is 248 g/mol. The predicted molar refractivity (Wildman–Crippen MR) is 76.2 cm³/mol. The predicted octanol–water partition coefficient (Wildman–Crippen LogP) is 2.94. The summed E-state index contributed by atoms with van der Waals surface area (Å²) in [6.45, 7) is 10.7. The van der Waals surface area contributed by atoms with Crippen LogP contribution in [0.1, 0.15) is 45.5 Å². The summed E-state index contributed by atoms with van der Waals surface area (Å²) in [7, 11) is 1.91. The molecule has 0 aliphatic heterocycles. The van der Waals surface area contributed by atoms with Crippen molar-refractivity contribution in [3.8, 4) is 0 Å². The van der Waals surface area contributed by atoms with Crippen LogP contribution in [-0.2, 0) is 5.41 Å². The van der Waals surface area contributed by atoms with Crippen LogP contribution in [0.5, 0.6) is 0 Å². The molecule has 4 nitrogen and oxygen atoms in total. The highest BCUT2D eigenvalue weighted by molar-refractivity contribution is 5.58. The van der Waals surface area contributed by atoms with Crippen LogP contribution in [0.15, 0.2) is 0 Å². The van der Waals surface area contributed by atoms with Crippen molar-refractivity contribution in [2.24, 2.45) is 5.92 Å². The van der Waals surface area contributed by atoms with Crippen LogP contribution >= 0.6 is 0 Å². The van der Waals surface area contributed by atoms with Crippen LogP contribution in [0.2, 0.25) is 0 Å². The Morgan fingerprint density at radius 2 is 1.72 bits per heavy atom. The zero-order valence-corrected chi connectivity index (χ0v) is 12.3. The van der Waals surface area contributed by atoms with E-state index in [9.17, 15) is 0 Å². The largest absolute Gasteiger partial charge is 0.373 e. The van der Waals surface area contributed by atoms with Crippen LogP contribution in [0.4, 0.5) is 11.6 Å². The van der Waals surface area contributed by atoms with Gasteiger partial charge in [-0.25, -0.2) is 9.97 Å². The van der Waals surface area contributed by atoms with Gasteiger partial charge in [0.25, 0.3) is 0 Å². The molecule has 100 valence electrons. The van der Waals surface area contributed by atoms with Gasteiger partial charge in [-0.2, -0.15) is 0 Å². The molecule has 0 saturated heterocycles. The molecular formula is C14H24N4. The Labute approximate surface area is 110 Å². The molecule has 0 amide bonds. The molecule has 1 heterocycles. The van der Waals surface area contributed by atoms with Crippen molar-refractivity contribution in [2.75, 3.05) is 17.7 Å². The van der Waals surface area contributed by atoms with E-state index < -0.39 is 0 Å². The number of rotatable bonds is 3. The summed E-state index contributed by atoms with van der Waals surface area (Å²) in [5, 5.41) is 6.69. The molecular weight excluding hydrogens is 224 g/mol. The molecule has 1 aliphatic rings. The van der Waals surface area contributed by atoms with E-state index in [0.29, 0.717) is 6.04 Å². The molecule has 1 aromatic heterocycles. The van der Waals surface area contributed by atoms with Crippen molar-refractivity contribution in [1.29, 1.82) is 0 Å². The number of aromatic nitrogens is 2. The van der Waals surface area contributed by atoms with E-state index in [2.05, 4.69) is 50.2 Å². The van der Waals surface area contributed by atoms with E-state index >= 15 is 0 Å². The quantitative estimate of drug-likeness (QED) is 0.863. The molecule has 0 bridgehead atoms. The SMILES string of the molecule is CNc1nc(C(C)(C)C)nc(NC2CC2C)c1C. The molecule has 18 heavy (non-hydrogen) atoms. The number of hydrogen-bond donors (Lipinski definition) is 2. The highest BCUT2D eigenvalue weighted by atomic mass is 15.1. The summed E-state index contributed by atoms with van der Waals surface area (Å²) in [5.74, 6) is 3.54. The number of hydrogen-bond acceptors (Lipinski definition) is 4. The lowest BCUT2D eigenvalue weighted by molar-refractivity contribution is 0.546. The summed E-state index contributed by atoms with van der Waals surface area (Å²) < 4.78 is 0. The summed E-state index contributed by atoms with van der Waals surface area (Å²) in [4.78, 5) is 9.31. The standard InChI is InChI=1S/C14H24N4/c1-8-7-10(8)16-12-9(2)11(15-6)17-13(18-12)14(3,4)5/h8,10H,7H2,1-6H3,(H2,15,16,17,18). The smallest absolute Gasteiger partial charge is 0.138 e. The number of nitrogens with zero attached hydrogens (tertiary/aromatic N) is 2. The average molecular weight is 248 g/mol. The zero-order chi connectivity index (χ0) is 13.5. The van der Waals surface area contributed by atoms with Crippen LogP contribution in [0.3, 0.4) is 0 Å². The van der Waals surface area contributed by atoms with Crippen molar-refractivity contribution >= 4 is 11.6 Å². The van der Waals surface area contributed by atoms with Crippen molar-refractivity contribution in [3.05, 3.63) is 11.4 Å². The molecule has 1 aliphatic carbocycles. The maximum atomic E-state index is 4.70. The fraction of sp³-hybridized carbons (Fsp3) is 0.714. The molecule has 2 unspecified atom stereocenters. The van der Waals surface area contributed by atoms with Crippen molar-refractivity contribution in [1.82, 2.24) is 9.97 Å². The molecule has 0 radical (unpaired) electrons. The third-order valence-corrected chi connectivity index (χ3v) is 3.49. The van der Waals surface area contributed by atoms with E-state index in [4.69, 9.17) is 4.98 Å². The van der Waals surface area contributed by atoms with Crippen LogP contribution in [0, 0.1) is 12.8 Å². The van der Waals surface area contributed by atoms with E-state index in [-0.39, 0.29) is 5.41 Å². The molecule has 2 atom stereocenters. The Kier molecular flexibility index (Phi) is 3.21. The minimum absolute atomic E-state index is 0.0368. The molecule has 0 aromatic carbocycles. The van der Waals surface area contributed by atoms with E-state index in [1.807, 2.05) is 7.05 Å². The van der Waals surface area contributed by atoms with Crippen molar-refractivity contribution in [3.63, 3.8) is 0 Å². The van der Waals surface area contributed by atoms with E-state index in [1.165, 1.54) is 6.42 Å². The average Bonchev–Trinajstić information content (AvgIpc) is 2.95. The Morgan fingerprint density at radius 1 is 1.17 bits per heavy atom. The minimum atomic E-state index is -0.0368. The Balaban J connectivity index is 2.37. The summed E-state index contributed by atoms with van der Waals surface area (Å²) >= 11 is 0. The Bertz CT molecular complexity index is 448. The fourth-order valence-electron chi connectivity index (χ4n) is 1.93. The number of nitrogens with one attached hydrogen (secondary N) is 2. The van der Waals surface area contributed by atoms with Crippen LogP contribution < -0.4 is 10.6 Å². The van der Waals surface area contributed by atoms with Gasteiger partial charge >= 0.3 is 0 Å². The van der Waals surface area contributed by atoms with E-state index in [0.717, 1.165) is 28.9 Å². The van der Waals surface area contributed by atoms with Gasteiger partial charge in [0.15, 0.2) is 0 Å². The third kappa shape index (κ3) is 2.57. The Hall–Kier alpha value is -1.32. The lowest BCUT2D eigenvalue weighted by atomic mass is 9.95. The Morgan fingerprint density at radius 3 is 2.17 bits per heavy atom. The molecule has 2 N–H and O–H groups in total. The normalized spacial score (nSPS) is 22.8. The van der Waals surface area contributed by atoms with Gasteiger partial charge in [0, 0.05) is 24.1 Å². The molecule has 1 aromatic rings. The molecule has 4 heteroatoms. The van der Waals surface area contributed by atoms with Gasteiger partial charge in [-0.1, -0.05) is 27.7 Å². The highest BCUT2D eigenvalue weighted by Crippen LogP contribution is 2.34. The van der Waals surface area contributed by atoms with Gasteiger partial charge in [-0.15, -0.1) is 0 Å². The first-order chi connectivity index (χ1) is 8.32. The summed E-state index contributed by atoms with van der Waals surface area (Å²) in [6.07, 6.45) is 1.24. The van der Waals surface area contributed by atoms with E-state index in [1.54, 1.807) is 0 Å². The first-order valence-electron chi connectivity index (χ1n) is 6.66. The van der Waals surface area contributed by atoms with Crippen LogP contribution in [-0.4, -0.2) is 23.1 Å². The minimum Gasteiger partial charge on any atom is -0.373 e. The van der Waals surface area contributed by atoms with Crippen molar-refractivity contribution in [2.45, 2.75) is 52.5 Å². The van der Waals surface area contributed by atoms with Crippen molar-refractivity contribution < 1.29 is 0 Å². The molecule has 2 rings (SSSR count). The highest BCUT2D eigenvalue weighted by Gasteiger charge is 2.33. The van der Waals surface area contributed by atoms with Gasteiger partial charge < -0.3 is 10.6 Å². The molecule has 1 saturated carbocycles. The second-order valence-corrected chi connectivity index (χ2v) is 6.33. The van der Waals surface area contributed by atoms with Gasteiger partial charge in [-0.05, 0) is 19.3 Å². The second kappa shape index (κ2) is 4.41. The van der Waals surface area contributed by atoms with Gasteiger partial charge in [0.1, 0.15) is 17.5 Å². The van der Waals surface area contributed by atoms with Gasteiger partial charge in [0.05, 0.1) is 0 Å². The summed E-state index contributed by atoms with van der Waals surface area (Å²) in [5.41, 5.74) is 1.06. The molecule has 1 fully saturated rings. The second-order valence-electron chi connectivity index (χ2n) is 6.33. The topological polar surface area (TPSA) is 49.8 Å². The maximum Gasteiger partial charge on any atom is 0.138 e. The first kappa shape index (κ1) is 13.1. The fourth-order valence-corrected chi connectivity index (χ4v) is 1.93.